The van der Waals surface area contributed by atoms with Crippen LogP contribution in [0.15, 0.2) is 36.7 Å². The molecule has 2 aromatic rings. The summed E-state index contributed by atoms with van der Waals surface area (Å²) in [5.41, 5.74) is 1.27. The molecule has 0 radical (unpaired) electrons. The van der Waals surface area contributed by atoms with Crippen molar-refractivity contribution in [2.75, 3.05) is 13.2 Å². The van der Waals surface area contributed by atoms with Gasteiger partial charge in [-0.2, -0.15) is 5.10 Å². The molecule has 0 atom stereocenters. The Labute approximate surface area is 131 Å². The minimum Gasteiger partial charge on any atom is -0.492 e. The minimum absolute atomic E-state index is 0.572. The van der Waals surface area contributed by atoms with Crippen molar-refractivity contribution >= 4 is 11.6 Å². The van der Waals surface area contributed by atoms with Gasteiger partial charge in [0.25, 0.3) is 0 Å². The molecule has 0 bridgehead atoms. The standard InChI is InChI=1S/C16H22ClN3O/c1-13(2)9-18-10-14-3-5-16(6-4-14)21-8-7-20-12-15(17)11-19-20/h3-6,11-13,18H,7-10H2,1-2H3. The molecule has 0 aliphatic heterocycles. The summed E-state index contributed by atoms with van der Waals surface area (Å²) in [6.07, 6.45) is 3.41. The fraction of sp³-hybridized carbons (Fsp3) is 0.438. The molecule has 0 amide bonds. The molecular weight excluding hydrogens is 286 g/mol. The molecule has 5 heteroatoms. The maximum absolute atomic E-state index is 5.80. The fourth-order valence-electron chi connectivity index (χ4n) is 1.93. The molecule has 0 aliphatic carbocycles. The number of rotatable bonds is 8. The second-order valence-corrected chi connectivity index (χ2v) is 5.88. The second-order valence-electron chi connectivity index (χ2n) is 5.44. The highest BCUT2D eigenvalue weighted by atomic mass is 35.5. The molecule has 1 aromatic heterocycles. The Kier molecular flexibility index (Phi) is 6.08. The third-order valence-corrected chi connectivity index (χ3v) is 3.19. The van der Waals surface area contributed by atoms with E-state index in [1.54, 1.807) is 17.1 Å². The molecule has 21 heavy (non-hydrogen) atoms. The lowest BCUT2D eigenvalue weighted by molar-refractivity contribution is 0.291. The monoisotopic (exact) mass is 307 g/mol. The average molecular weight is 308 g/mol. The third kappa shape index (κ3) is 5.78. The Bertz CT molecular complexity index is 537. The highest BCUT2D eigenvalue weighted by molar-refractivity contribution is 6.30. The van der Waals surface area contributed by atoms with E-state index in [1.807, 2.05) is 12.1 Å². The topological polar surface area (TPSA) is 39.1 Å². The Hall–Kier alpha value is -1.52. The number of hydrogen-bond acceptors (Lipinski definition) is 3. The Morgan fingerprint density at radius 2 is 2.05 bits per heavy atom. The molecule has 2 rings (SSSR count). The van der Waals surface area contributed by atoms with E-state index in [1.165, 1.54) is 5.56 Å². The number of nitrogens with one attached hydrogen (secondary N) is 1. The van der Waals surface area contributed by atoms with Crippen molar-refractivity contribution in [3.63, 3.8) is 0 Å². The van der Waals surface area contributed by atoms with E-state index in [0.717, 1.165) is 18.8 Å². The zero-order valence-electron chi connectivity index (χ0n) is 12.6. The largest absolute Gasteiger partial charge is 0.492 e. The maximum atomic E-state index is 5.80. The first-order chi connectivity index (χ1) is 10.1. The zero-order valence-corrected chi connectivity index (χ0v) is 13.3. The highest BCUT2D eigenvalue weighted by Gasteiger charge is 1.99. The van der Waals surface area contributed by atoms with E-state index in [9.17, 15) is 0 Å². The lowest BCUT2D eigenvalue weighted by atomic mass is 10.2. The first kappa shape index (κ1) is 15.9. The summed E-state index contributed by atoms with van der Waals surface area (Å²) in [6.45, 7) is 7.59. The molecule has 1 aromatic carbocycles. The zero-order chi connectivity index (χ0) is 15.1. The molecule has 114 valence electrons. The molecule has 0 fully saturated rings. The van der Waals surface area contributed by atoms with Crippen LogP contribution in [0, 0.1) is 5.92 Å². The molecule has 0 saturated carbocycles. The van der Waals surface area contributed by atoms with Crippen LogP contribution in [0.1, 0.15) is 19.4 Å². The second kappa shape index (κ2) is 8.05. The van der Waals surface area contributed by atoms with Gasteiger partial charge in [-0.3, -0.25) is 4.68 Å². The lowest BCUT2D eigenvalue weighted by Gasteiger charge is -2.09. The van der Waals surface area contributed by atoms with Crippen LogP contribution in [-0.2, 0) is 13.1 Å². The van der Waals surface area contributed by atoms with Gasteiger partial charge in [0.1, 0.15) is 12.4 Å². The first-order valence-corrected chi connectivity index (χ1v) is 7.61. The van der Waals surface area contributed by atoms with Crippen molar-refractivity contribution in [3.05, 3.63) is 47.2 Å². The summed E-state index contributed by atoms with van der Waals surface area (Å²) in [6, 6.07) is 8.19. The van der Waals surface area contributed by atoms with Gasteiger partial charge < -0.3 is 10.1 Å². The summed E-state index contributed by atoms with van der Waals surface area (Å²) < 4.78 is 7.46. The number of hydrogen-bond donors (Lipinski definition) is 1. The molecular formula is C16H22ClN3O. The van der Waals surface area contributed by atoms with Crippen molar-refractivity contribution in [1.29, 1.82) is 0 Å². The summed E-state index contributed by atoms with van der Waals surface area (Å²) >= 11 is 5.80. The predicted octanol–water partition coefficient (Wildman–Crippen LogP) is 3.36. The van der Waals surface area contributed by atoms with E-state index >= 15 is 0 Å². The van der Waals surface area contributed by atoms with Crippen molar-refractivity contribution in [1.82, 2.24) is 15.1 Å². The molecule has 0 spiro atoms. The van der Waals surface area contributed by atoms with Crippen LogP contribution in [0.5, 0.6) is 5.75 Å². The van der Waals surface area contributed by atoms with Crippen LogP contribution in [0.25, 0.3) is 0 Å². The van der Waals surface area contributed by atoms with Crippen LogP contribution in [0.3, 0.4) is 0 Å². The van der Waals surface area contributed by atoms with Crippen LogP contribution in [0.2, 0.25) is 5.02 Å². The molecule has 4 nitrogen and oxygen atoms in total. The van der Waals surface area contributed by atoms with Crippen molar-refractivity contribution < 1.29 is 4.74 Å². The van der Waals surface area contributed by atoms with E-state index in [0.29, 0.717) is 24.1 Å². The average Bonchev–Trinajstić information content (AvgIpc) is 2.86. The van der Waals surface area contributed by atoms with Gasteiger partial charge in [-0.15, -0.1) is 0 Å². The molecule has 0 saturated heterocycles. The van der Waals surface area contributed by atoms with Gasteiger partial charge in [0.2, 0.25) is 0 Å². The summed E-state index contributed by atoms with van der Waals surface area (Å²) in [4.78, 5) is 0. The predicted molar refractivity (Wildman–Crippen MR) is 85.7 cm³/mol. The SMILES string of the molecule is CC(C)CNCc1ccc(OCCn2cc(Cl)cn2)cc1. The maximum Gasteiger partial charge on any atom is 0.119 e. The Morgan fingerprint density at radius 1 is 1.29 bits per heavy atom. The number of benzene rings is 1. The Balaban J connectivity index is 1.72. The Morgan fingerprint density at radius 3 is 2.67 bits per heavy atom. The van der Waals surface area contributed by atoms with Gasteiger partial charge >= 0.3 is 0 Å². The molecule has 0 aliphatic rings. The number of halogens is 1. The smallest absolute Gasteiger partial charge is 0.119 e. The van der Waals surface area contributed by atoms with Gasteiger partial charge in [-0.05, 0) is 30.2 Å². The van der Waals surface area contributed by atoms with E-state index in [-0.39, 0.29) is 0 Å². The summed E-state index contributed by atoms with van der Waals surface area (Å²) in [5.74, 6) is 1.55. The van der Waals surface area contributed by atoms with Crippen LogP contribution < -0.4 is 10.1 Å². The summed E-state index contributed by atoms with van der Waals surface area (Å²) in [7, 11) is 0. The van der Waals surface area contributed by atoms with Gasteiger partial charge in [0, 0.05) is 12.7 Å². The van der Waals surface area contributed by atoms with Gasteiger partial charge in [-0.25, -0.2) is 0 Å². The molecule has 1 heterocycles. The first-order valence-electron chi connectivity index (χ1n) is 7.24. The van der Waals surface area contributed by atoms with Crippen molar-refractivity contribution in [3.8, 4) is 5.75 Å². The van der Waals surface area contributed by atoms with Gasteiger partial charge in [-0.1, -0.05) is 37.6 Å². The third-order valence-electron chi connectivity index (χ3n) is 3.00. The normalized spacial score (nSPS) is 11.0. The minimum atomic E-state index is 0.572. The highest BCUT2D eigenvalue weighted by Crippen LogP contribution is 2.12. The number of ether oxygens (including phenoxy) is 1. The van der Waals surface area contributed by atoms with Crippen LogP contribution in [-0.4, -0.2) is 22.9 Å². The van der Waals surface area contributed by atoms with E-state index in [2.05, 4.69) is 36.4 Å². The van der Waals surface area contributed by atoms with Crippen molar-refractivity contribution in [2.24, 2.45) is 5.92 Å². The quantitative estimate of drug-likeness (QED) is 0.813. The van der Waals surface area contributed by atoms with E-state index < -0.39 is 0 Å². The van der Waals surface area contributed by atoms with Gasteiger partial charge in [0.05, 0.1) is 17.8 Å². The summed E-state index contributed by atoms with van der Waals surface area (Å²) in [5, 5.41) is 8.17. The van der Waals surface area contributed by atoms with Crippen LogP contribution >= 0.6 is 11.6 Å². The molecule has 0 unspecified atom stereocenters. The lowest BCUT2D eigenvalue weighted by Crippen LogP contribution is -2.18. The number of nitrogens with zero attached hydrogens (tertiary/aromatic N) is 2. The van der Waals surface area contributed by atoms with Crippen LogP contribution in [0.4, 0.5) is 0 Å². The molecule has 1 N–H and O–H groups in total. The fourth-order valence-corrected chi connectivity index (χ4v) is 2.08. The number of aromatic nitrogens is 2. The van der Waals surface area contributed by atoms with Gasteiger partial charge in [0.15, 0.2) is 0 Å². The van der Waals surface area contributed by atoms with E-state index in [4.69, 9.17) is 16.3 Å². The van der Waals surface area contributed by atoms with Crippen molar-refractivity contribution in [2.45, 2.75) is 26.9 Å².